The Kier molecular flexibility index (Phi) is 3.27. The van der Waals surface area contributed by atoms with E-state index in [4.69, 9.17) is 4.74 Å². The lowest BCUT2D eigenvalue weighted by molar-refractivity contribution is -0.130. The zero-order chi connectivity index (χ0) is 15.1. The van der Waals surface area contributed by atoms with Crippen LogP contribution in [0.5, 0.6) is 11.5 Å². The van der Waals surface area contributed by atoms with Gasteiger partial charge in [-0.25, -0.2) is 0 Å². The van der Waals surface area contributed by atoms with E-state index in [9.17, 15) is 25.5 Å². The Balaban J connectivity index is 1.88. The number of fused-ring (bicyclic) bond motifs is 1. The summed E-state index contributed by atoms with van der Waals surface area (Å²) < 4.78 is 5.74. The number of phenolic OH excluding ortho intramolecular Hbond substituents is 2. The Morgan fingerprint density at radius 2 is 1.81 bits per heavy atom. The van der Waals surface area contributed by atoms with E-state index in [0.717, 1.165) is 0 Å². The van der Waals surface area contributed by atoms with Gasteiger partial charge in [0.15, 0.2) is 11.5 Å². The third-order valence-corrected chi connectivity index (χ3v) is 3.88. The van der Waals surface area contributed by atoms with Crippen LogP contribution in [0.3, 0.4) is 0 Å². The number of allylic oxidation sites excluding steroid dienone is 1. The smallest absolute Gasteiger partial charge is 0.157 e. The van der Waals surface area contributed by atoms with Crippen LogP contribution in [0.25, 0.3) is 0 Å². The number of rotatable bonds is 1. The van der Waals surface area contributed by atoms with Gasteiger partial charge >= 0.3 is 0 Å². The first-order valence-corrected chi connectivity index (χ1v) is 6.62. The summed E-state index contributed by atoms with van der Waals surface area (Å²) in [4.78, 5) is 0. The molecular weight excluding hydrogens is 276 g/mol. The molecule has 112 valence electrons. The fourth-order valence-corrected chi connectivity index (χ4v) is 2.81. The fraction of sp³-hybridized carbons (Fsp3) is 0.333. The minimum Gasteiger partial charge on any atom is -0.512 e. The molecule has 5 N–H and O–H groups in total. The zero-order valence-corrected chi connectivity index (χ0v) is 11.0. The van der Waals surface area contributed by atoms with Crippen LogP contribution >= 0.6 is 0 Å². The lowest BCUT2D eigenvalue weighted by atomic mass is 9.83. The molecule has 1 saturated heterocycles. The minimum atomic E-state index is -0.876. The number of hydrogen-bond donors (Lipinski definition) is 5. The Labute approximate surface area is 120 Å². The molecular formula is C15H16O6. The second kappa shape index (κ2) is 4.98. The molecule has 2 unspecified atom stereocenters. The maximum Gasteiger partial charge on any atom is 0.157 e. The number of hydrogen-bond acceptors (Lipinski definition) is 6. The summed E-state index contributed by atoms with van der Waals surface area (Å²) in [6.45, 7) is 0. The number of aliphatic hydroxyl groups is 3. The average molecular weight is 292 g/mol. The summed E-state index contributed by atoms with van der Waals surface area (Å²) in [6.07, 6.45) is 0.836. The molecule has 4 atom stereocenters. The van der Waals surface area contributed by atoms with Gasteiger partial charge in [-0.15, -0.1) is 0 Å². The third kappa shape index (κ3) is 2.43. The second-order valence-electron chi connectivity index (χ2n) is 5.34. The van der Waals surface area contributed by atoms with Crippen molar-refractivity contribution in [2.75, 3.05) is 0 Å². The first-order chi connectivity index (χ1) is 9.95. The number of aliphatic hydroxyl groups excluding tert-OH is 3. The first kappa shape index (κ1) is 13.8. The molecule has 6 nitrogen and oxygen atoms in total. The van der Waals surface area contributed by atoms with Gasteiger partial charge in [0.2, 0.25) is 0 Å². The van der Waals surface area contributed by atoms with Crippen molar-refractivity contribution in [1.82, 2.24) is 0 Å². The molecule has 2 aliphatic rings. The van der Waals surface area contributed by atoms with Crippen molar-refractivity contribution in [2.24, 2.45) is 5.92 Å². The number of phenols is 2. The van der Waals surface area contributed by atoms with E-state index < -0.39 is 24.2 Å². The van der Waals surface area contributed by atoms with Gasteiger partial charge in [-0.1, -0.05) is 6.07 Å². The van der Waals surface area contributed by atoms with Gasteiger partial charge in [-0.2, -0.15) is 0 Å². The molecule has 3 rings (SSSR count). The van der Waals surface area contributed by atoms with Crippen LogP contribution in [0.1, 0.15) is 18.1 Å². The lowest BCUT2D eigenvalue weighted by Gasteiger charge is -2.39. The summed E-state index contributed by atoms with van der Waals surface area (Å²) in [5, 5.41) is 48.4. The highest BCUT2D eigenvalue weighted by atomic mass is 16.5. The standard InChI is InChI=1S/C15H16O6/c16-8-4-11(18)9-6-13(20)15(21-14(9)5-8)7-1-2-10(17)12(19)3-7/h1-5,9,13-20H,6H2/t9?,13-,14?,15-/m1/s1. The van der Waals surface area contributed by atoms with E-state index >= 15 is 0 Å². The van der Waals surface area contributed by atoms with E-state index in [1.807, 2.05) is 0 Å². The third-order valence-electron chi connectivity index (χ3n) is 3.88. The summed E-state index contributed by atoms with van der Waals surface area (Å²) in [5.74, 6) is -1.06. The van der Waals surface area contributed by atoms with Gasteiger partial charge in [0.1, 0.15) is 17.6 Å². The zero-order valence-electron chi connectivity index (χ0n) is 11.0. The molecule has 1 aromatic rings. The fourth-order valence-electron chi connectivity index (χ4n) is 2.81. The van der Waals surface area contributed by atoms with Crippen LogP contribution in [0.15, 0.2) is 41.9 Å². The van der Waals surface area contributed by atoms with E-state index in [0.29, 0.717) is 5.56 Å². The van der Waals surface area contributed by atoms with Crippen molar-refractivity contribution in [3.8, 4) is 11.5 Å². The van der Waals surface area contributed by atoms with E-state index in [1.165, 1.54) is 24.3 Å². The molecule has 1 aromatic carbocycles. The lowest BCUT2D eigenvalue weighted by Crippen LogP contribution is -2.40. The SMILES string of the molecule is OC1=CC2O[C@H](c3ccc(O)c(O)c3)[C@H](O)CC2C(O)=C1. The van der Waals surface area contributed by atoms with Crippen molar-refractivity contribution in [2.45, 2.75) is 24.7 Å². The molecule has 0 aromatic heterocycles. The quantitative estimate of drug-likeness (QED) is 0.505. The van der Waals surface area contributed by atoms with Crippen molar-refractivity contribution in [1.29, 1.82) is 0 Å². The summed E-state index contributed by atoms with van der Waals surface area (Å²) in [5.41, 5.74) is 0.512. The first-order valence-electron chi connectivity index (χ1n) is 6.62. The largest absolute Gasteiger partial charge is 0.512 e. The van der Waals surface area contributed by atoms with Gasteiger partial charge in [0.25, 0.3) is 0 Å². The molecule has 1 aliphatic heterocycles. The second-order valence-corrected chi connectivity index (χ2v) is 5.34. The molecule has 1 aliphatic carbocycles. The normalized spacial score (nSPS) is 32.0. The van der Waals surface area contributed by atoms with Crippen LogP contribution in [0, 0.1) is 5.92 Å². The Morgan fingerprint density at radius 3 is 2.52 bits per heavy atom. The van der Waals surface area contributed by atoms with Crippen molar-refractivity contribution in [3.05, 3.63) is 47.4 Å². The molecule has 1 fully saturated rings. The summed E-state index contributed by atoms with van der Waals surface area (Å²) in [7, 11) is 0. The highest BCUT2D eigenvalue weighted by Gasteiger charge is 2.40. The molecule has 0 radical (unpaired) electrons. The number of aromatic hydroxyl groups is 2. The highest BCUT2D eigenvalue weighted by Crippen LogP contribution is 2.41. The van der Waals surface area contributed by atoms with Gasteiger partial charge in [-0.05, 0) is 30.2 Å². The summed E-state index contributed by atoms with van der Waals surface area (Å²) in [6, 6.07) is 4.19. The van der Waals surface area contributed by atoms with Gasteiger partial charge in [-0.3, -0.25) is 0 Å². The Hall–Kier alpha value is -2.18. The molecule has 6 heteroatoms. The average Bonchev–Trinajstić information content (AvgIpc) is 2.42. The predicted octanol–water partition coefficient (Wildman–Crippen LogP) is 1.80. The molecule has 1 heterocycles. The molecule has 0 bridgehead atoms. The van der Waals surface area contributed by atoms with Gasteiger partial charge in [0, 0.05) is 12.0 Å². The van der Waals surface area contributed by atoms with Crippen molar-refractivity contribution in [3.63, 3.8) is 0 Å². The topological polar surface area (TPSA) is 110 Å². The van der Waals surface area contributed by atoms with Crippen LogP contribution in [0.2, 0.25) is 0 Å². The van der Waals surface area contributed by atoms with Crippen LogP contribution < -0.4 is 0 Å². The highest BCUT2D eigenvalue weighted by molar-refractivity contribution is 5.41. The molecule has 0 spiro atoms. The molecule has 0 amide bonds. The minimum absolute atomic E-state index is 0.0222. The monoisotopic (exact) mass is 292 g/mol. The predicted molar refractivity (Wildman–Crippen MR) is 72.9 cm³/mol. The van der Waals surface area contributed by atoms with Gasteiger partial charge < -0.3 is 30.3 Å². The molecule has 21 heavy (non-hydrogen) atoms. The molecule has 0 saturated carbocycles. The Bertz CT molecular complexity index is 621. The van der Waals surface area contributed by atoms with Crippen molar-refractivity contribution < 1.29 is 30.3 Å². The van der Waals surface area contributed by atoms with E-state index in [2.05, 4.69) is 0 Å². The van der Waals surface area contributed by atoms with E-state index in [-0.39, 0.29) is 29.4 Å². The maximum atomic E-state index is 10.2. The Morgan fingerprint density at radius 1 is 1.05 bits per heavy atom. The number of benzene rings is 1. The van der Waals surface area contributed by atoms with Crippen LogP contribution in [-0.2, 0) is 4.74 Å². The van der Waals surface area contributed by atoms with Crippen molar-refractivity contribution >= 4 is 0 Å². The van der Waals surface area contributed by atoms with Gasteiger partial charge in [0.05, 0.1) is 12.2 Å². The number of ether oxygens (including phenoxy) is 1. The summed E-state index contributed by atoms with van der Waals surface area (Å²) >= 11 is 0. The van der Waals surface area contributed by atoms with E-state index in [1.54, 1.807) is 6.07 Å². The maximum absolute atomic E-state index is 10.2. The van der Waals surface area contributed by atoms with Crippen LogP contribution in [0.4, 0.5) is 0 Å². The van der Waals surface area contributed by atoms with Crippen LogP contribution in [-0.4, -0.2) is 37.7 Å².